The van der Waals surface area contributed by atoms with Crippen molar-refractivity contribution in [2.75, 3.05) is 31.3 Å². The average molecular weight is 347 g/mol. The van der Waals surface area contributed by atoms with Gasteiger partial charge in [-0.25, -0.2) is 8.42 Å². The summed E-state index contributed by atoms with van der Waals surface area (Å²) in [4.78, 5) is 0.474. The van der Waals surface area contributed by atoms with Crippen molar-refractivity contribution in [3.05, 3.63) is 48.0 Å². The Morgan fingerprint density at radius 1 is 1.08 bits per heavy atom. The van der Waals surface area contributed by atoms with Gasteiger partial charge in [0.2, 0.25) is 0 Å². The molecule has 0 amide bonds. The Labute approximate surface area is 142 Å². The van der Waals surface area contributed by atoms with Crippen LogP contribution in [0.5, 0.6) is 11.5 Å². The summed E-state index contributed by atoms with van der Waals surface area (Å²) < 4.78 is 34.6. The molecule has 0 unspecified atom stereocenters. The fraction of sp³-hybridized carbons (Fsp3) is 0.333. The van der Waals surface area contributed by atoms with Gasteiger partial charge in [-0.2, -0.15) is 0 Å². The van der Waals surface area contributed by atoms with E-state index in [0.717, 1.165) is 35.7 Å². The van der Waals surface area contributed by atoms with Crippen LogP contribution in [0.2, 0.25) is 0 Å². The van der Waals surface area contributed by atoms with Crippen molar-refractivity contribution in [2.24, 2.45) is 0 Å². The van der Waals surface area contributed by atoms with E-state index in [1.165, 1.54) is 0 Å². The molecule has 0 radical (unpaired) electrons. The molecular weight excluding hydrogens is 326 g/mol. The Hall–Kier alpha value is -2.21. The zero-order valence-corrected chi connectivity index (χ0v) is 14.4. The number of benzene rings is 2. The molecule has 1 aliphatic rings. The van der Waals surface area contributed by atoms with E-state index >= 15 is 0 Å². The molecule has 0 saturated heterocycles. The first-order valence-corrected chi connectivity index (χ1v) is 9.61. The maximum Gasteiger partial charge on any atom is 0.179 e. The van der Waals surface area contributed by atoms with Crippen molar-refractivity contribution in [1.82, 2.24) is 0 Å². The molecule has 0 bridgehead atoms. The van der Waals surface area contributed by atoms with Crippen molar-refractivity contribution in [3.63, 3.8) is 0 Å². The topological polar surface area (TPSA) is 64.6 Å². The second-order valence-electron chi connectivity index (χ2n) is 5.66. The summed E-state index contributed by atoms with van der Waals surface area (Å²) in [5, 5.41) is 3.32. The first-order chi connectivity index (χ1) is 11.6. The lowest BCUT2D eigenvalue weighted by Crippen LogP contribution is -2.08. The summed E-state index contributed by atoms with van der Waals surface area (Å²) in [6.07, 6.45) is 1.41. The van der Waals surface area contributed by atoms with E-state index in [4.69, 9.17) is 9.47 Å². The number of anilines is 1. The van der Waals surface area contributed by atoms with Gasteiger partial charge in [-0.1, -0.05) is 6.07 Å². The molecule has 1 aliphatic heterocycles. The standard InChI is InChI=1S/C18H21NO4S/c1-22-14-6-8-15(9-7-14)23-12-3-11-19-17-4-2-5-18-16(17)10-13-24(18,20)21/h2,4-9,19H,3,10-13H2,1H3. The van der Waals surface area contributed by atoms with Crippen molar-refractivity contribution in [1.29, 1.82) is 0 Å². The number of nitrogens with one attached hydrogen (secondary N) is 1. The summed E-state index contributed by atoms with van der Waals surface area (Å²) in [6.45, 7) is 1.32. The minimum Gasteiger partial charge on any atom is -0.497 e. The zero-order chi connectivity index (χ0) is 17.0. The number of rotatable bonds is 7. The van der Waals surface area contributed by atoms with Gasteiger partial charge in [-0.3, -0.25) is 0 Å². The Morgan fingerprint density at radius 3 is 2.58 bits per heavy atom. The first kappa shape index (κ1) is 16.6. The molecule has 0 aliphatic carbocycles. The predicted octanol–water partition coefficient (Wildman–Crippen LogP) is 2.91. The van der Waals surface area contributed by atoms with Gasteiger partial charge in [0.05, 0.1) is 24.4 Å². The highest BCUT2D eigenvalue weighted by atomic mass is 32.2. The van der Waals surface area contributed by atoms with Crippen molar-refractivity contribution in [3.8, 4) is 11.5 Å². The number of ether oxygens (including phenoxy) is 2. The van der Waals surface area contributed by atoms with Gasteiger partial charge in [0.25, 0.3) is 0 Å². The highest BCUT2D eigenvalue weighted by Crippen LogP contribution is 2.31. The lowest BCUT2D eigenvalue weighted by molar-refractivity contribution is 0.314. The Morgan fingerprint density at radius 2 is 1.83 bits per heavy atom. The van der Waals surface area contributed by atoms with Crippen LogP contribution in [-0.4, -0.2) is 34.4 Å². The molecule has 2 aromatic carbocycles. The molecule has 1 N–H and O–H groups in total. The number of methoxy groups -OCH3 is 1. The van der Waals surface area contributed by atoms with Crippen molar-refractivity contribution in [2.45, 2.75) is 17.7 Å². The third-order valence-corrected chi connectivity index (χ3v) is 5.85. The van der Waals surface area contributed by atoms with E-state index < -0.39 is 9.84 Å². The molecule has 0 aromatic heterocycles. The minimum atomic E-state index is -3.08. The second kappa shape index (κ2) is 7.13. The summed E-state index contributed by atoms with van der Waals surface area (Å²) >= 11 is 0. The van der Waals surface area contributed by atoms with Crippen LogP contribution in [0.25, 0.3) is 0 Å². The molecule has 2 aromatic rings. The number of fused-ring (bicyclic) bond motifs is 1. The van der Waals surface area contributed by atoms with Gasteiger partial charge < -0.3 is 14.8 Å². The summed E-state index contributed by atoms with van der Waals surface area (Å²) in [6, 6.07) is 12.9. The van der Waals surface area contributed by atoms with Gasteiger partial charge >= 0.3 is 0 Å². The van der Waals surface area contributed by atoms with E-state index in [9.17, 15) is 8.42 Å². The summed E-state index contributed by atoms with van der Waals surface area (Å²) in [5.41, 5.74) is 1.83. The highest BCUT2D eigenvalue weighted by molar-refractivity contribution is 7.91. The molecule has 3 rings (SSSR count). The van der Waals surface area contributed by atoms with Gasteiger partial charge in [-0.15, -0.1) is 0 Å². The van der Waals surface area contributed by atoms with Crippen LogP contribution >= 0.6 is 0 Å². The lowest BCUT2D eigenvalue weighted by Gasteiger charge is -2.11. The predicted molar refractivity (Wildman–Crippen MR) is 93.8 cm³/mol. The molecule has 24 heavy (non-hydrogen) atoms. The normalized spacial score (nSPS) is 14.9. The zero-order valence-electron chi connectivity index (χ0n) is 13.6. The van der Waals surface area contributed by atoms with Crippen LogP contribution in [0.4, 0.5) is 5.69 Å². The lowest BCUT2D eigenvalue weighted by atomic mass is 10.1. The van der Waals surface area contributed by atoms with E-state index in [0.29, 0.717) is 17.9 Å². The first-order valence-electron chi connectivity index (χ1n) is 7.95. The number of hydrogen-bond donors (Lipinski definition) is 1. The molecule has 6 heteroatoms. The summed E-state index contributed by atoms with van der Waals surface area (Å²) in [7, 11) is -1.45. The average Bonchev–Trinajstić information content (AvgIpc) is 2.91. The fourth-order valence-corrected chi connectivity index (χ4v) is 4.35. The molecule has 5 nitrogen and oxygen atoms in total. The van der Waals surface area contributed by atoms with Gasteiger partial charge in [0, 0.05) is 12.2 Å². The van der Waals surface area contributed by atoms with E-state index in [-0.39, 0.29) is 5.75 Å². The Kier molecular flexibility index (Phi) is 4.94. The maximum absolute atomic E-state index is 11.9. The van der Waals surface area contributed by atoms with Crippen molar-refractivity contribution >= 4 is 15.5 Å². The SMILES string of the molecule is COc1ccc(OCCCNc2cccc3c2CCS3(=O)=O)cc1. The monoisotopic (exact) mass is 347 g/mol. The van der Waals surface area contributed by atoms with Crippen LogP contribution in [-0.2, 0) is 16.3 Å². The third kappa shape index (κ3) is 3.64. The molecule has 0 fully saturated rings. The molecule has 0 atom stereocenters. The van der Waals surface area contributed by atoms with E-state index in [1.807, 2.05) is 30.3 Å². The third-order valence-electron chi connectivity index (χ3n) is 4.05. The maximum atomic E-state index is 11.9. The quantitative estimate of drug-likeness (QED) is 0.780. The van der Waals surface area contributed by atoms with Gasteiger partial charge in [0.15, 0.2) is 9.84 Å². The molecule has 128 valence electrons. The summed E-state index contributed by atoms with van der Waals surface area (Å²) in [5.74, 6) is 1.82. The second-order valence-corrected chi connectivity index (χ2v) is 7.73. The minimum absolute atomic E-state index is 0.210. The molecular formula is C18H21NO4S. The molecule has 0 saturated carbocycles. The van der Waals surface area contributed by atoms with Crippen LogP contribution in [0.15, 0.2) is 47.4 Å². The largest absolute Gasteiger partial charge is 0.497 e. The van der Waals surface area contributed by atoms with Gasteiger partial charge in [-0.05, 0) is 54.8 Å². The van der Waals surface area contributed by atoms with Crippen LogP contribution < -0.4 is 14.8 Å². The van der Waals surface area contributed by atoms with Crippen LogP contribution in [0.3, 0.4) is 0 Å². The van der Waals surface area contributed by atoms with E-state index in [2.05, 4.69) is 5.32 Å². The van der Waals surface area contributed by atoms with Gasteiger partial charge in [0.1, 0.15) is 11.5 Å². The number of sulfone groups is 1. The Bertz CT molecular complexity index is 800. The van der Waals surface area contributed by atoms with Crippen molar-refractivity contribution < 1.29 is 17.9 Å². The molecule has 0 spiro atoms. The Balaban J connectivity index is 1.48. The van der Waals surface area contributed by atoms with Crippen LogP contribution in [0, 0.1) is 0 Å². The van der Waals surface area contributed by atoms with E-state index in [1.54, 1.807) is 19.2 Å². The number of hydrogen-bond acceptors (Lipinski definition) is 5. The smallest absolute Gasteiger partial charge is 0.179 e. The molecule has 1 heterocycles. The van der Waals surface area contributed by atoms with Crippen LogP contribution in [0.1, 0.15) is 12.0 Å². The highest BCUT2D eigenvalue weighted by Gasteiger charge is 2.27. The fourth-order valence-electron chi connectivity index (χ4n) is 2.78.